The summed E-state index contributed by atoms with van der Waals surface area (Å²) in [5.74, 6) is -0.948. The number of pyridine rings is 1. The van der Waals surface area contributed by atoms with Gasteiger partial charge in [-0.05, 0) is 55.4 Å². The molecule has 7 nitrogen and oxygen atoms in total. The molecule has 2 aromatic rings. The largest absolute Gasteiger partial charge is 0.484 e. The highest BCUT2D eigenvalue weighted by Crippen LogP contribution is 2.69. The number of rotatable bonds is 11. The van der Waals surface area contributed by atoms with E-state index < -0.39 is 5.82 Å². The molecule has 0 spiro atoms. The number of ketones is 2. The van der Waals surface area contributed by atoms with Crippen molar-refractivity contribution in [1.29, 1.82) is 0 Å². The van der Waals surface area contributed by atoms with Gasteiger partial charge >= 0.3 is 0 Å². The summed E-state index contributed by atoms with van der Waals surface area (Å²) in [6.07, 6.45) is 4.47. The van der Waals surface area contributed by atoms with Gasteiger partial charge in [-0.1, -0.05) is 11.6 Å². The van der Waals surface area contributed by atoms with Crippen LogP contribution in [0.1, 0.15) is 59.4 Å². The Morgan fingerprint density at radius 1 is 1.15 bits per heavy atom. The number of nitrogens with one attached hydrogen (secondary N) is 1. The van der Waals surface area contributed by atoms with Gasteiger partial charge in [-0.3, -0.25) is 19.4 Å². The molecule has 1 aromatic heterocycles. The van der Waals surface area contributed by atoms with Crippen molar-refractivity contribution in [2.75, 3.05) is 13.2 Å². The van der Waals surface area contributed by atoms with E-state index in [0.29, 0.717) is 37.7 Å². The van der Waals surface area contributed by atoms with Gasteiger partial charge in [0, 0.05) is 42.8 Å². The summed E-state index contributed by atoms with van der Waals surface area (Å²) in [6, 6.07) is 7.10. The second kappa shape index (κ2) is 9.19. The first-order chi connectivity index (χ1) is 15.7. The molecular formula is C24H24ClFN2O5. The first-order valence-electron chi connectivity index (χ1n) is 10.8. The van der Waals surface area contributed by atoms with Crippen molar-refractivity contribution >= 4 is 29.1 Å². The third-order valence-corrected chi connectivity index (χ3v) is 6.58. The highest BCUT2D eigenvalue weighted by molar-refractivity contribution is 6.30. The molecular weight excluding hydrogens is 451 g/mol. The maximum absolute atomic E-state index is 13.5. The van der Waals surface area contributed by atoms with Gasteiger partial charge in [0.05, 0.1) is 5.02 Å². The normalized spacial score (nSPS) is 22.6. The molecule has 3 aliphatic rings. The fourth-order valence-electron chi connectivity index (χ4n) is 4.93. The first-order valence-corrected chi connectivity index (χ1v) is 11.1. The van der Waals surface area contributed by atoms with Crippen LogP contribution in [0.3, 0.4) is 0 Å². The average Bonchev–Trinajstić information content (AvgIpc) is 2.76. The van der Waals surface area contributed by atoms with Crippen molar-refractivity contribution in [2.24, 2.45) is 5.41 Å². The second-order valence-corrected chi connectivity index (χ2v) is 9.41. The lowest BCUT2D eigenvalue weighted by molar-refractivity contribution is -0.164. The topological polar surface area (TPSA) is 106 Å². The van der Waals surface area contributed by atoms with Gasteiger partial charge in [-0.25, -0.2) is 4.39 Å². The maximum atomic E-state index is 13.5. The van der Waals surface area contributed by atoms with E-state index in [0.717, 1.165) is 6.07 Å². The number of halogens is 2. The summed E-state index contributed by atoms with van der Waals surface area (Å²) in [5, 5.41) is 11.8. The molecule has 1 aromatic carbocycles. The molecule has 2 N–H and O–H groups in total. The predicted octanol–water partition coefficient (Wildman–Crippen LogP) is 3.52. The number of aliphatic hydroxyl groups is 1. The number of hydrogen-bond donors (Lipinski definition) is 2. The Bertz CT molecular complexity index is 1090. The Labute approximate surface area is 195 Å². The molecule has 9 heteroatoms. The quantitative estimate of drug-likeness (QED) is 0.483. The third-order valence-electron chi connectivity index (χ3n) is 6.27. The summed E-state index contributed by atoms with van der Waals surface area (Å²) < 4.78 is 18.8. The molecule has 2 bridgehead atoms. The summed E-state index contributed by atoms with van der Waals surface area (Å²) in [5.41, 5.74) is 0.241. The minimum atomic E-state index is -0.614. The van der Waals surface area contributed by atoms with Crippen molar-refractivity contribution < 1.29 is 28.6 Å². The number of ether oxygens (including phenoxy) is 1. The smallest absolute Gasteiger partial charge is 0.258 e. The van der Waals surface area contributed by atoms with Crippen LogP contribution in [0.5, 0.6) is 5.75 Å². The minimum absolute atomic E-state index is 0.0169. The van der Waals surface area contributed by atoms with E-state index in [-0.39, 0.29) is 64.5 Å². The number of carbonyl (C=O) groups excluding carboxylic acids is 3. The highest BCUT2D eigenvalue weighted by Gasteiger charge is 2.68. The Kier molecular flexibility index (Phi) is 6.50. The van der Waals surface area contributed by atoms with Crippen molar-refractivity contribution in [2.45, 2.75) is 44.1 Å². The zero-order valence-electron chi connectivity index (χ0n) is 17.9. The molecule has 3 saturated carbocycles. The number of benzene rings is 1. The fraction of sp³-hybridized carbons (Fsp3) is 0.417. The van der Waals surface area contributed by atoms with Gasteiger partial charge in [0.25, 0.3) is 5.91 Å². The zero-order valence-corrected chi connectivity index (χ0v) is 18.7. The van der Waals surface area contributed by atoms with Crippen LogP contribution in [0.2, 0.25) is 5.02 Å². The Hall–Kier alpha value is -2.84. The van der Waals surface area contributed by atoms with Gasteiger partial charge in [-0.2, -0.15) is 0 Å². The summed E-state index contributed by atoms with van der Waals surface area (Å²) in [7, 11) is 0. The molecule has 3 aliphatic carbocycles. The lowest BCUT2D eigenvalue weighted by atomic mass is 9.38. The molecule has 174 valence electrons. The van der Waals surface area contributed by atoms with Crippen molar-refractivity contribution in [3.63, 3.8) is 0 Å². The molecule has 0 radical (unpaired) electrons. The third kappa shape index (κ3) is 5.07. The zero-order chi connectivity index (χ0) is 23.6. The Morgan fingerprint density at radius 2 is 1.91 bits per heavy atom. The molecule has 0 aliphatic heterocycles. The Morgan fingerprint density at radius 3 is 2.61 bits per heavy atom. The number of amides is 1. The lowest BCUT2D eigenvalue weighted by Gasteiger charge is -2.70. The van der Waals surface area contributed by atoms with E-state index in [1.807, 2.05) is 0 Å². The van der Waals surface area contributed by atoms with Gasteiger partial charge in [-0.15, -0.1) is 0 Å². The van der Waals surface area contributed by atoms with Crippen LogP contribution in [0, 0.1) is 11.2 Å². The molecule has 1 heterocycles. The van der Waals surface area contributed by atoms with E-state index in [2.05, 4.69) is 10.3 Å². The average molecular weight is 475 g/mol. The number of aromatic nitrogens is 1. The van der Waals surface area contributed by atoms with E-state index in [4.69, 9.17) is 21.4 Å². The lowest BCUT2D eigenvalue weighted by Crippen LogP contribution is -2.75. The molecule has 0 atom stereocenters. The predicted molar refractivity (Wildman–Crippen MR) is 118 cm³/mol. The number of aliphatic hydroxyl groups excluding tert-OH is 1. The van der Waals surface area contributed by atoms with E-state index >= 15 is 0 Å². The molecule has 33 heavy (non-hydrogen) atoms. The Balaban J connectivity index is 1.24. The molecule has 3 fully saturated rings. The van der Waals surface area contributed by atoms with Crippen LogP contribution >= 0.6 is 11.6 Å². The monoisotopic (exact) mass is 474 g/mol. The SMILES string of the molecule is O=C(COc1ccc(Cl)c(F)c1)NC12CC(CC(=O)c3ccnc(C(=O)CCCO)c3)(C1)C2. The van der Waals surface area contributed by atoms with Crippen LogP contribution in [0.4, 0.5) is 4.39 Å². The van der Waals surface area contributed by atoms with Gasteiger partial charge in [0.1, 0.15) is 17.3 Å². The fourth-order valence-corrected chi connectivity index (χ4v) is 5.05. The van der Waals surface area contributed by atoms with Crippen LogP contribution in [-0.4, -0.2) is 46.3 Å². The second-order valence-electron chi connectivity index (χ2n) is 9.00. The van der Waals surface area contributed by atoms with E-state index in [1.165, 1.54) is 24.4 Å². The van der Waals surface area contributed by atoms with E-state index in [1.54, 1.807) is 6.07 Å². The molecule has 0 saturated heterocycles. The number of hydrogen-bond acceptors (Lipinski definition) is 6. The number of carbonyl (C=O) groups is 3. The highest BCUT2D eigenvalue weighted by atomic mass is 35.5. The van der Waals surface area contributed by atoms with Crippen LogP contribution in [-0.2, 0) is 4.79 Å². The summed E-state index contributed by atoms with van der Waals surface area (Å²) in [4.78, 5) is 41.2. The van der Waals surface area contributed by atoms with E-state index in [9.17, 15) is 18.8 Å². The van der Waals surface area contributed by atoms with Crippen LogP contribution in [0.15, 0.2) is 36.5 Å². The van der Waals surface area contributed by atoms with Gasteiger partial charge in [0.2, 0.25) is 0 Å². The maximum Gasteiger partial charge on any atom is 0.258 e. The molecule has 0 unspecified atom stereocenters. The number of Topliss-reactive ketones (excluding diaryl/α,β-unsaturated/α-hetero) is 2. The van der Waals surface area contributed by atoms with Crippen LogP contribution < -0.4 is 10.1 Å². The van der Waals surface area contributed by atoms with Gasteiger partial charge in [0.15, 0.2) is 18.2 Å². The number of nitrogens with zero attached hydrogens (tertiary/aromatic N) is 1. The summed E-state index contributed by atoms with van der Waals surface area (Å²) in [6.45, 7) is -0.310. The van der Waals surface area contributed by atoms with Crippen molar-refractivity contribution in [3.8, 4) is 5.75 Å². The van der Waals surface area contributed by atoms with Crippen molar-refractivity contribution in [3.05, 3.63) is 58.6 Å². The van der Waals surface area contributed by atoms with Gasteiger partial charge < -0.3 is 15.2 Å². The summed E-state index contributed by atoms with van der Waals surface area (Å²) >= 11 is 5.63. The standard InChI is InChI=1S/C24H24ClFN2O5/c25-17-4-3-16(9-18(17)26)33-11-22(32)28-24-12-23(13-24,14-24)10-21(31)15-5-6-27-19(8-15)20(30)2-1-7-29/h3-6,8-9,29H,1-2,7,10-14H2,(H,28,32). The molecule has 1 amide bonds. The molecule has 5 rings (SSSR count). The van der Waals surface area contributed by atoms with Crippen LogP contribution in [0.25, 0.3) is 0 Å². The minimum Gasteiger partial charge on any atom is -0.484 e. The van der Waals surface area contributed by atoms with Crippen molar-refractivity contribution in [1.82, 2.24) is 10.3 Å². The first kappa shape index (κ1) is 23.3.